The Labute approximate surface area is 94.7 Å². The summed E-state index contributed by atoms with van der Waals surface area (Å²) in [6, 6.07) is 5.40. The second kappa shape index (κ2) is 5.47. The Bertz CT molecular complexity index is 330. The molecule has 1 aromatic carbocycles. The third-order valence-corrected chi connectivity index (χ3v) is 2.83. The number of rotatable bonds is 4. The van der Waals surface area contributed by atoms with E-state index in [0.717, 1.165) is 5.56 Å². The van der Waals surface area contributed by atoms with Crippen LogP contribution in [0, 0.1) is 6.92 Å². The molecule has 0 radical (unpaired) electrons. The minimum Gasteiger partial charge on any atom is -0.389 e. The average Bonchev–Trinajstić information content (AvgIpc) is 2.21. The first-order valence-corrected chi connectivity index (χ1v) is 5.21. The zero-order valence-corrected chi connectivity index (χ0v) is 9.62. The van der Waals surface area contributed by atoms with Crippen molar-refractivity contribution in [3.8, 4) is 0 Å². The summed E-state index contributed by atoms with van der Waals surface area (Å²) in [6.07, 6.45) is -1.81. The molecule has 0 bridgehead atoms. The quantitative estimate of drug-likeness (QED) is 0.729. The summed E-state index contributed by atoms with van der Waals surface area (Å²) in [4.78, 5) is 0. The number of likely N-dealkylation sites (N-methyl/N-ethyl adjacent to an activating group) is 1. The number of aryl methyl sites for hydroxylation is 1. The van der Waals surface area contributed by atoms with E-state index in [0.29, 0.717) is 17.1 Å². The van der Waals surface area contributed by atoms with Gasteiger partial charge in [-0.2, -0.15) is 0 Å². The normalized spacial score (nSPS) is 15.0. The molecule has 84 valence electrons. The third-order valence-electron chi connectivity index (χ3n) is 2.32. The van der Waals surface area contributed by atoms with E-state index in [4.69, 9.17) is 11.6 Å². The van der Waals surface area contributed by atoms with Crippen molar-refractivity contribution in [1.82, 2.24) is 5.32 Å². The lowest BCUT2D eigenvalue weighted by molar-refractivity contribution is 0.0203. The van der Waals surface area contributed by atoms with Crippen molar-refractivity contribution in [2.75, 3.05) is 13.6 Å². The molecule has 1 aromatic rings. The smallest absolute Gasteiger partial charge is 0.108 e. The van der Waals surface area contributed by atoms with E-state index in [1.807, 2.05) is 19.1 Å². The Morgan fingerprint density at radius 3 is 2.67 bits per heavy atom. The largest absolute Gasteiger partial charge is 0.389 e. The number of halogens is 1. The fourth-order valence-corrected chi connectivity index (χ4v) is 1.66. The Hall–Kier alpha value is -0.610. The summed E-state index contributed by atoms with van der Waals surface area (Å²) in [5.74, 6) is 0. The summed E-state index contributed by atoms with van der Waals surface area (Å²) in [6.45, 7) is 2.19. The van der Waals surface area contributed by atoms with Gasteiger partial charge >= 0.3 is 0 Å². The highest BCUT2D eigenvalue weighted by atomic mass is 35.5. The van der Waals surface area contributed by atoms with Gasteiger partial charge in [-0.05, 0) is 19.5 Å². The molecule has 2 atom stereocenters. The third kappa shape index (κ3) is 2.92. The van der Waals surface area contributed by atoms with Crippen molar-refractivity contribution in [2.24, 2.45) is 0 Å². The van der Waals surface area contributed by atoms with Crippen molar-refractivity contribution in [3.05, 3.63) is 34.3 Å². The van der Waals surface area contributed by atoms with Crippen LogP contribution in [0.3, 0.4) is 0 Å². The van der Waals surface area contributed by atoms with Crippen LogP contribution in [0.1, 0.15) is 17.2 Å². The van der Waals surface area contributed by atoms with Gasteiger partial charge in [0.1, 0.15) is 6.10 Å². The minimum atomic E-state index is -0.954. The summed E-state index contributed by atoms with van der Waals surface area (Å²) < 4.78 is 0. The highest BCUT2D eigenvalue weighted by molar-refractivity contribution is 6.32. The number of nitrogens with one attached hydrogen (secondary N) is 1. The molecule has 15 heavy (non-hydrogen) atoms. The first-order chi connectivity index (χ1) is 7.07. The van der Waals surface area contributed by atoms with Crippen molar-refractivity contribution in [3.63, 3.8) is 0 Å². The Morgan fingerprint density at radius 1 is 1.40 bits per heavy atom. The molecule has 0 heterocycles. The first-order valence-electron chi connectivity index (χ1n) is 4.83. The Balaban J connectivity index is 2.90. The van der Waals surface area contributed by atoms with Gasteiger partial charge in [-0.1, -0.05) is 29.8 Å². The lowest BCUT2D eigenvalue weighted by Crippen LogP contribution is -2.29. The predicted molar refractivity (Wildman–Crippen MR) is 61.1 cm³/mol. The second-order valence-corrected chi connectivity index (χ2v) is 3.93. The van der Waals surface area contributed by atoms with Crippen LogP contribution in [-0.4, -0.2) is 29.9 Å². The summed E-state index contributed by atoms with van der Waals surface area (Å²) in [5.41, 5.74) is 1.46. The molecular formula is C11H16ClNO2. The monoisotopic (exact) mass is 229 g/mol. The van der Waals surface area contributed by atoms with E-state index in [-0.39, 0.29) is 0 Å². The SMILES string of the molecule is CNCC(O)C(O)c1cccc(C)c1Cl. The molecule has 0 spiro atoms. The van der Waals surface area contributed by atoms with E-state index in [2.05, 4.69) is 5.32 Å². The topological polar surface area (TPSA) is 52.5 Å². The van der Waals surface area contributed by atoms with Gasteiger partial charge in [0, 0.05) is 17.1 Å². The number of hydrogen-bond acceptors (Lipinski definition) is 3. The standard InChI is InChI=1S/C11H16ClNO2/c1-7-4-3-5-8(10(7)12)11(15)9(14)6-13-2/h3-5,9,11,13-15H,6H2,1-2H3. The molecule has 1 rings (SSSR count). The molecule has 2 unspecified atom stereocenters. The van der Waals surface area contributed by atoms with Crippen LogP contribution in [-0.2, 0) is 0 Å². The van der Waals surface area contributed by atoms with Crippen LogP contribution in [0.4, 0.5) is 0 Å². The van der Waals surface area contributed by atoms with E-state index in [9.17, 15) is 10.2 Å². The van der Waals surface area contributed by atoms with Crippen molar-refractivity contribution < 1.29 is 10.2 Å². The number of aliphatic hydroxyl groups excluding tert-OH is 2. The van der Waals surface area contributed by atoms with Gasteiger partial charge in [-0.15, -0.1) is 0 Å². The maximum atomic E-state index is 9.85. The van der Waals surface area contributed by atoms with Crippen LogP contribution < -0.4 is 5.32 Å². The van der Waals surface area contributed by atoms with Crippen LogP contribution in [0.15, 0.2) is 18.2 Å². The molecule has 0 aliphatic rings. The highest BCUT2D eigenvalue weighted by Gasteiger charge is 2.20. The van der Waals surface area contributed by atoms with Gasteiger partial charge in [-0.3, -0.25) is 0 Å². The first kappa shape index (κ1) is 12.5. The van der Waals surface area contributed by atoms with Crippen molar-refractivity contribution in [2.45, 2.75) is 19.1 Å². The molecule has 0 saturated heterocycles. The molecule has 0 aliphatic carbocycles. The van der Waals surface area contributed by atoms with Crippen LogP contribution in [0.2, 0.25) is 5.02 Å². The molecule has 4 heteroatoms. The van der Waals surface area contributed by atoms with E-state index >= 15 is 0 Å². The van der Waals surface area contributed by atoms with Gasteiger partial charge < -0.3 is 15.5 Å². The van der Waals surface area contributed by atoms with Crippen molar-refractivity contribution in [1.29, 1.82) is 0 Å². The maximum Gasteiger partial charge on any atom is 0.108 e. The second-order valence-electron chi connectivity index (χ2n) is 3.55. The highest BCUT2D eigenvalue weighted by Crippen LogP contribution is 2.27. The molecule has 3 nitrogen and oxygen atoms in total. The predicted octanol–water partition coefficient (Wildman–Crippen LogP) is 1.26. The van der Waals surface area contributed by atoms with Crippen LogP contribution in [0.25, 0.3) is 0 Å². The lowest BCUT2D eigenvalue weighted by Gasteiger charge is -2.19. The summed E-state index contributed by atoms with van der Waals surface area (Å²) >= 11 is 6.04. The zero-order chi connectivity index (χ0) is 11.4. The number of benzene rings is 1. The Kier molecular flexibility index (Phi) is 4.54. The van der Waals surface area contributed by atoms with Crippen LogP contribution in [0.5, 0.6) is 0 Å². The fourth-order valence-electron chi connectivity index (χ4n) is 1.43. The van der Waals surface area contributed by atoms with Crippen LogP contribution >= 0.6 is 11.6 Å². The lowest BCUT2D eigenvalue weighted by atomic mass is 10.0. The van der Waals surface area contributed by atoms with E-state index in [1.165, 1.54) is 0 Å². The van der Waals surface area contributed by atoms with Gasteiger partial charge in [0.15, 0.2) is 0 Å². The zero-order valence-electron chi connectivity index (χ0n) is 8.87. The minimum absolute atomic E-state index is 0.325. The fraction of sp³-hybridized carbons (Fsp3) is 0.455. The molecule has 0 fully saturated rings. The van der Waals surface area contributed by atoms with E-state index < -0.39 is 12.2 Å². The number of hydrogen-bond donors (Lipinski definition) is 3. The molecular weight excluding hydrogens is 214 g/mol. The average molecular weight is 230 g/mol. The van der Waals surface area contributed by atoms with E-state index in [1.54, 1.807) is 13.1 Å². The summed E-state index contributed by atoms with van der Waals surface area (Å²) in [5, 5.41) is 22.8. The molecule has 0 saturated carbocycles. The maximum absolute atomic E-state index is 9.85. The molecule has 3 N–H and O–H groups in total. The van der Waals surface area contributed by atoms with Gasteiger partial charge in [0.25, 0.3) is 0 Å². The summed E-state index contributed by atoms with van der Waals surface area (Å²) in [7, 11) is 1.72. The van der Waals surface area contributed by atoms with Gasteiger partial charge in [0.05, 0.1) is 6.10 Å². The van der Waals surface area contributed by atoms with Gasteiger partial charge in [0.2, 0.25) is 0 Å². The van der Waals surface area contributed by atoms with Crippen molar-refractivity contribution >= 4 is 11.6 Å². The van der Waals surface area contributed by atoms with Gasteiger partial charge in [-0.25, -0.2) is 0 Å². The molecule has 0 aromatic heterocycles. The Morgan fingerprint density at radius 2 is 2.07 bits per heavy atom. The molecule has 0 aliphatic heterocycles. The number of aliphatic hydroxyl groups is 2. The molecule has 0 amide bonds.